The van der Waals surface area contributed by atoms with Gasteiger partial charge in [-0.25, -0.2) is 9.97 Å². The number of hydrogen-bond donors (Lipinski definition) is 2. The van der Waals surface area contributed by atoms with Gasteiger partial charge >= 0.3 is 0 Å². The Morgan fingerprint density at radius 1 is 1.20 bits per heavy atom. The normalized spacial score (nSPS) is 20.6. The lowest BCUT2D eigenvalue weighted by Crippen LogP contribution is -2.45. The summed E-state index contributed by atoms with van der Waals surface area (Å²) < 4.78 is 5.43. The lowest BCUT2D eigenvalue weighted by atomic mass is 9.76. The fourth-order valence-corrected chi connectivity index (χ4v) is 5.06. The molecule has 0 saturated carbocycles. The molecular formula is C21H28N6O3. The number of likely N-dealkylation sites (tertiary alicyclic amines) is 1. The number of imidazole rings is 1. The number of ether oxygens (including phenoxy) is 1. The van der Waals surface area contributed by atoms with E-state index >= 15 is 0 Å². The van der Waals surface area contributed by atoms with Crippen molar-refractivity contribution in [1.29, 1.82) is 0 Å². The number of fused-ring (bicyclic) bond motifs is 2. The predicted octanol–water partition coefficient (Wildman–Crippen LogP) is 0.687. The molecule has 9 heteroatoms. The molecule has 4 heterocycles. The summed E-state index contributed by atoms with van der Waals surface area (Å²) in [6.45, 7) is 6.11. The molecule has 2 fully saturated rings. The summed E-state index contributed by atoms with van der Waals surface area (Å²) in [6.07, 6.45) is 5.37. The number of nitrogens with one attached hydrogen (secondary N) is 2. The topological polar surface area (TPSA) is 107 Å². The minimum atomic E-state index is -0.0936. The van der Waals surface area contributed by atoms with E-state index in [1.165, 1.54) is 0 Å². The minimum absolute atomic E-state index is 0.00844. The highest BCUT2D eigenvalue weighted by Crippen LogP contribution is 2.44. The number of nitrogens with zero attached hydrogens (tertiary/aromatic N) is 4. The van der Waals surface area contributed by atoms with Gasteiger partial charge in [0.05, 0.1) is 37.3 Å². The third-order valence-corrected chi connectivity index (χ3v) is 7.00. The van der Waals surface area contributed by atoms with Crippen LogP contribution in [0.15, 0.2) is 11.1 Å². The molecule has 0 aromatic carbocycles. The fourth-order valence-electron chi connectivity index (χ4n) is 5.06. The van der Waals surface area contributed by atoms with E-state index in [4.69, 9.17) is 9.72 Å². The number of aromatic nitrogens is 4. The van der Waals surface area contributed by atoms with Gasteiger partial charge in [0.1, 0.15) is 0 Å². The maximum atomic E-state index is 12.8. The molecule has 1 aliphatic carbocycles. The first-order chi connectivity index (χ1) is 14.6. The first kappa shape index (κ1) is 19.3. The first-order valence-electron chi connectivity index (χ1n) is 10.8. The van der Waals surface area contributed by atoms with Gasteiger partial charge in [0.25, 0.3) is 5.56 Å². The Kier molecular flexibility index (Phi) is 4.85. The van der Waals surface area contributed by atoms with Gasteiger partial charge < -0.3 is 19.5 Å². The third-order valence-electron chi connectivity index (χ3n) is 7.00. The second-order valence-corrected chi connectivity index (χ2v) is 8.63. The van der Waals surface area contributed by atoms with Crippen LogP contribution in [0, 0.1) is 6.92 Å². The monoisotopic (exact) mass is 412 g/mol. The van der Waals surface area contributed by atoms with Gasteiger partial charge in [-0.1, -0.05) is 0 Å². The van der Waals surface area contributed by atoms with Crippen LogP contribution in [0.25, 0.3) is 0 Å². The largest absolute Gasteiger partial charge is 0.378 e. The molecule has 0 radical (unpaired) electrons. The number of piperidine rings is 1. The highest BCUT2D eigenvalue weighted by atomic mass is 16.5. The van der Waals surface area contributed by atoms with E-state index in [1.54, 1.807) is 6.33 Å². The molecule has 0 bridgehead atoms. The van der Waals surface area contributed by atoms with E-state index in [9.17, 15) is 9.59 Å². The molecule has 2 N–H and O–H groups in total. The standard InChI is InChI=1S/C21H28N6O3/c1-14-16(23-13-22-14)12-17(28)26-6-4-21(5-7-26)3-2-15-18(21)24-20(25-19(15)29)27-8-10-30-11-9-27/h13H,2-12H2,1H3,(H,22,23)(H,24,25,29). The van der Waals surface area contributed by atoms with Crippen molar-refractivity contribution in [3.8, 4) is 0 Å². The lowest BCUT2D eigenvalue weighted by Gasteiger charge is -2.39. The third kappa shape index (κ3) is 3.30. The molecule has 0 atom stereocenters. The Bertz CT molecular complexity index is 998. The number of anilines is 1. The maximum absolute atomic E-state index is 12.8. The number of hydrogen-bond acceptors (Lipinski definition) is 6. The molecular weight excluding hydrogens is 384 g/mol. The minimum Gasteiger partial charge on any atom is -0.378 e. The van der Waals surface area contributed by atoms with Crippen LogP contribution < -0.4 is 10.5 Å². The fraction of sp³-hybridized carbons (Fsp3) is 0.619. The van der Waals surface area contributed by atoms with Crippen LogP contribution >= 0.6 is 0 Å². The lowest BCUT2D eigenvalue weighted by molar-refractivity contribution is -0.132. The number of morpholine rings is 1. The Morgan fingerprint density at radius 2 is 1.97 bits per heavy atom. The zero-order valence-corrected chi connectivity index (χ0v) is 17.4. The molecule has 3 aliphatic rings. The van der Waals surface area contributed by atoms with Crippen molar-refractivity contribution in [2.24, 2.45) is 0 Å². The zero-order valence-electron chi connectivity index (χ0n) is 17.4. The summed E-state index contributed by atoms with van der Waals surface area (Å²) in [5.41, 5.74) is 3.45. The summed E-state index contributed by atoms with van der Waals surface area (Å²) in [5.74, 6) is 0.780. The summed E-state index contributed by atoms with van der Waals surface area (Å²) in [4.78, 5) is 44.8. The molecule has 1 spiro atoms. The molecule has 2 aromatic rings. The van der Waals surface area contributed by atoms with Crippen molar-refractivity contribution >= 4 is 11.9 Å². The number of carbonyl (C=O) groups is 1. The number of aromatic amines is 2. The highest BCUT2D eigenvalue weighted by Gasteiger charge is 2.44. The zero-order chi connectivity index (χ0) is 20.7. The van der Waals surface area contributed by atoms with Gasteiger partial charge in [0, 0.05) is 42.9 Å². The van der Waals surface area contributed by atoms with Crippen LogP contribution in [0.2, 0.25) is 0 Å². The second-order valence-electron chi connectivity index (χ2n) is 8.63. The molecule has 9 nitrogen and oxygen atoms in total. The van der Waals surface area contributed by atoms with Crippen molar-refractivity contribution < 1.29 is 9.53 Å². The van der Waals surface area contributed by atoms with Crippen LogP contribution in [-0.4, -0.2) is 70.1 Å². The van der Waals surface area contributed by atoms with Crippen molar-refractivity contribution in [3.05, 3.63) is 39.3 Å². The number of amides is 1. The Labute approximate surface area is 174 Å². The van der Waals surface area contributed by atoms with Crippen LogP contribution in [0.1, 0.15) is 41.9 Å². The quantitative estimate of drug-likeness (QED) is 0.768. The summed E-state index contributed by atoms with van der Waals surface area (Å²) in [6, 6.07) is 0. The molecule has 5 rings (SSSR count). The van der Waals surface area contributed by atoms with Crippen molar-refractivity contribution in [2.45, 2.75) is 44.4 Å². The molecule has 2 saturated heterocycles. The average Bonchev–Trinajstić information content (AvgIpc) is 3.33. The van der Waals surface area contributed by atoms with E-state index in [2.05, 4.69) is 19.9 Å². The van der Waals surface area contributed by atoms with E-state index in [1.807, 2.05) is 11.8 Å². The molecule has 160 valence electrons. The average molecular weight is 412 g/mol. The number of aryl methyl sites for hydroxylation is 1. The second kappa shape index (κ2) is 7.54. The molecule has 30 heavy (non-hydrogen) atoms. The van der Waals surface area contributed by atoms with Crippen LogP contribution in [-0.2, 0) is 27.8 Å². The number of carbonyl (C=O) groups excluding carboxylic acids is 1. The Morgan fingerprint density at radius 3 is 2.67 bits per heavy atom. The molecule has 2 aromatic heterocycles. The predicted molar refractivity (Wildman–Crippen MR) is 111 cm³/mol. The van der Waals surface area contributed by atoms with Crippen LogP contribution in [0.5, 0.6) is 0 Å². The Balaban J connectivity index is 1.33. The van der Waals surface area contributed by atoms with E-state index in [0.29, 0.717) is 38.7 Å². The maximum Gasteiger partial charge on any atom is 0.255 e. The smallest absolute Gasteiger partial charge is 0.255 e. The summed E-state index contributed by atoms with van der Waals surface area (Å²) >= 11 is 0. The van der Waals surface area contributed by atoms with E-state index < -0.39 is 0 Å². The van der Waals surface area contributed by atoms with Crippen molar-refractivity contribution in [1.82, 2.24) is 24.8 Å². The summed E-state index contributed by atoms with van der Waals surface area (Å²) in [5, 5.41) is 0. The Hall–Kier alpha value is -2.68. The molecule has 0 unspecified atom stereocenters. The van der Waals surface area contributed by atoms with Crippen LogP contribution in [0.4, 0.5) is 5.95 Å². The molecule has 1 amide bonds. The van der Waals surface area contributed by atoms with Crippen LogP contribution in [0.3, 0.4) is 0 Å². The van der Waals surface area contributed by atoms with Gasteiger partial charge in [0.2, 0.25) is 11.9 Å². The van der Waals surface area contributed by atoms with Crippen molar-refractivity contribution in [2.75, 3.05) is 44.3 Å². The molecule has 2 aliphatic heterocycles. The SMILES string of the molecule is Cc1[nH]cnc1CC(=O)N1CCC2(CCc3c2nc(N2CCOCC2)[nH]c3=O)CC1. The number of rotatable bonds is 3. The van der Waals surface area contributed by atoms with Crippen molar-refractivity contribution in [3.63, 3.8) is 0 Å². The van der Waals surface area contributed by atoms with Gasteiger partial charge in [-0.3, -0.25) is 14.6 Å². The summed E-state index contributed by atoms with van der Waals surface area (Å²) in [7, 11) is 0. The van der Waals surface area contributed by atoms with Gasteiger partial charge in [0.15, 0.2) is 0 Å². The van der Waals surface area contributed by atoms with Gasteiger partial charge in [-0.2, -0.15) is 0 Å². The highest BCUT2D eigenvalue weighted by molar-refractivity contribution is 5.78. The van der Waals surface area contributed by atoms with E-state index in [0.717, 1.165) is 61.4 Å². The van der Waals surface area contributed by atoms with Gasteiger partial charge in [-0.05, 0) is 32.6 Å². The van der Waals surface area contributed by atoms with Gasteiger partial charge in [-0.15, -0.1) is 0 Å². The first-order valence-corrected chi connectivity index (χ1v) is 10.8. The number of H-pyrrole nitrogens is 2. The van der Waals surface area contributed by atoms with E-state index in [-0.39, 0.29) is 16.9 Å².